The van der Waals surface area contributed by atoms with Gasteiger partial charge in [-0.15, -0.1) is 0 Å². The van der Waals surface area contributed by atoms with Crippen LogP contribution in [0.2, 0.25) is 0 Å². The van der Waals surface area contributed by atoms with Crippen molar-refractivity contribution in [3.63, 3.8) is 0 Å². The lowest BCUT2D eigenvalue weighted by molar-refractivity contribution is -0.127. The lowest BCUT2D eigenvalue weighted by Gasteiger charge is -2.35. The summed E-state index contributed by atoms with van der Waals surface area (Å²) in [5.41, 5.74) is 2.27. The average Bonchev–Trinajstić information content (AvgIpc) is 2.90. The largest absolute Gasteiger partial charge is 0.491 e. The summed E-state index contributed by atoms with van der Waals surface area (Å²) in [5, 5.41) is 4.89. The van der Waals surface area contributed by atoms with Gasteiger partial charge >= 0.3 is 0 Å². The molecule has 1 aliphatic heterocycles. The fourth-order valence-corrected chi connectivity index (χ4v) is 5.80. The molecule has 0 spiro atoms. The van der Waals surface area contributed by atoms with Gasteiger partial charge in [-0.3, -0.25) is 9.10 Å². The number of anilines is 1. The van der Waals surface area contributed by atoms with Gasteiger partial charge in [-0.05, 0) is 55.1 Å². The molecule has 1 unspecified atom stereocenters. The maximum absolute atomic E-state index is 13.6. The maximum atomic E-state index is 13.6. The van der Waals surface area contributed by atoms with Crippen LogP contribution in [-0.4, -0.2) is 40.1 Å². The Morgan fingerprint density at radius 1 is 0.973 bits per heavy atom. The van der Waals surface area contributed by atoms with Crippen LogP contribution < -0.4 is 19.1 Å². The first-order valence-corrected chi connectivity index (χ1v) is 13.5. The number of fused-ring (bicyclic) bond motifs is 2. The Labute approximate surface area is 216 Å². The summed E-state index contributed by atoms with van der Waals surface area (Å²) < 4.78 is 40.3. The fourth-order valence-electron chi connectivity index (χ4n) is 4.33. The molecule has 1 atom stereocenters. The molecule has 1 aliphatic rings. The van der Waals surface area contributed by atoms with Gasteiger partial charge in [0, 0.05) is 5.39 Å². The van der Waals surface area contributed by atoms with E-state index in [-0.39, 0.29) is 24.6 Å². The van der Waals surface area contributed by atoms with Gasteiger partial charge in [0.2, 0.25) is 0 Å². The summed E-state index contributed by atoms with van der Waals surface area (Å²) >= 11 is 0. The SMILES string of the molecule is Cc1ccc(S(=O)(=O)N2CC(C(=O)NCCOc3cccc4ccccc34)Oc3ccc(C)cc32)cc1. The summed E-state index contributed by atoms with van der Waals surface area (Å²) in [6, 6.07) is 25.7. The number of sulfonamides is 1. The number of carbonyl (C=O) groups is 1. The van der Waals surface area contributed by atoms with E-state index >= 15 is 0 Å². The number of nitrogens with one attached hydrogen (secondary N) is 1. The zero-order valence-electron chi connectivity index (χ0n) is 20.7. The predicted octanol–water partition coefficient (Wildman–Crippen LogP) is 4.61. The van der Waals surface area contributed by atoms with Crippen LogP contribution in [0, 0.1) is 13.8 Å². The Hall–Kier alpha value is -4.04. The topological polar surface area (TPSA) is 84.9 Å². The Kier molecular flexibility index (Phi) is 6.76. The second-order valence-corrected chi connectivity index (χ2v) is 10.9. The molecule has 4 aromatic carbocycles. The zero-order valence-corrected chi connectivity index (χ0v) is 21.5. The molecule has 0 bridgehead atoms. The van der Waals surface area contributed by atoms with Crippen molar-refractivity contribution < 1.29 is 22.7 Å². The number of amides is 1. The van der Waals surface area contributed by atoms with E-state index in [0.717, 1.165) is 27.6 Å². The fraction of sp³-hybridized carbons (Fsp3) is 0.207. The molecule has 0 aromatic heterocycles. The van der Waals surface area contributed by atoms with Crippen molar-refractivity contribution in [2.45, 2.75) is 24.8 Å². The number of ether oxygens (including phenoxy) is 2. The lowest BCUT2D eigenvalue weighted by atomic mass is 10.1. The third kappa shape index (κ3) is 5.11. The van der Waals surface area contributed by atoms with Gasteiger partial charge in [0.25, 0.3) is 15.9 Å². The molecule has 0 saturated carbocycles. The Bertz CT molecular complexity index is 1550. The normalized spacial score (nSPS) is 15.1. The molecule has 0 aliphatic carbocycles. The second kappa shape index (κ2) is 10.1. The molecule has 190 valence electrons. The first-order chi connectivity index (χ1) is 17.8. The maximum Gasteiger partial charge on any atom is 0.264 e. The molecule has 0 fully saturated rings. The van der Waals surface area contributed by atoms with E-state index in [2.05, 4.69) is 5.32 Å². The standard InChI is InChI=1S/C29H28N2O5S/c1-20-10-13-23(14-11-20)37(33,34)31-19-28(36-27-15-12-21(2)18-25(27)31)29(32)30-16-17-35-26-9-5-7-22-6-3-4-8-24(22)26/h3-15,18,28H,16-17,19H2,1-2H3,(H,30,32). The molecule has 1 heterocycles. The van der Waals surface area contributed by atoms with Crippen molar-refractivity contribution in [1.82, 2.24) is 5.32 Å². The quantitative estimate of drug-likeness (QED) is 0.363. The molecule has 0 radical (unpaired) electrons. The Morgan fingerprint density at radius 2 is 1.70 bits per heavy atom. The minimum Gasteiger partial charge on any atom is -0.491 e. The van der Waals surface area contributed by atoms with Crippen LogP contribution in [0.15, 0.2) is 89.8 Å². The molecule has 7 nitrogen and oxygen atoms in total. The lowest BCUT2D eigenvalue weighted by Crippen LogP contribution is -2.51. The van der Waals surface area contributed by atoms with Gasteiger partial charge in [0.05, 0.1) is 23.7 Å². The molecule has 5 rings (SSSR count). The highest BCUT2D eigenvalue weighted by molar-refractivity contribution is 7.92. The van der Waals surface area contributed by atoms with E-state index in [0.29, 0.717) is 11.4 Å². The third-order valence-electron chi connectivity index (χ3n) is 6.29. The van der Waals surface area contributed by atoms with Crippen LogP contribution in [0.5, 0.6) is 11.5 Å². The number of hydrogen-bond acceptors (Lipinski definition) is 5. The van der Waals surface area contributed by atoms with E-state index in [1.165, 1.54) is 4.31 Å². The predicted molar refractivity (Wildman–Crippen MR) is 144 cm³/mol. The summed E-state index contributed by atoms with van der Waals surface area (Å²) in [6.07, 6.45) is -1.01. The van der Waals surface area contributed by atoms with Crippen molar-refractivity contribution in [3.05, 3.63) is 96.1 Å². The highest BCUT2D eigenvalue weighted by atomic mass is 32.2. The van der Waals surface area contributed by atoms with E-state index in [1.54, 1.807) is 36.4 Å². The summed E-state index contributed by atoms with van der Waals surface area (Å²) in [6.45, 7) is 4.14. The van der Waals surface area contributed by atoms with Crippen molar-refractivity contribution >= 4 is 32.4 Å². The molecule has 4 aromatic rings. The summed E-state index contributed by atoms with van der Waals surface area (Å²) in [4.78, 5) is 13.2. The minimum atomic E-state index is -3.91. The van der Waals surface area contributed by atoms with Crippen LogP contribution in [0.25, 0.3) is 10.8 Å². The van der Waals surface area contributed by atoms with Crippen molar-refractivity contribution in [3.8, 4) is 11.5 Å². The first-order valence-electron chi connectivity index (χ1n) is 12.1. The third-order valence-corrected chi connectivity index (χ3v) is 8.09. The monoisotopic (exact) mass is 516 g/mol. The van der Waals surface area contributed by atoms with Crippen LogP contribution in [0.1, 0.15) is 11.1 Å². The number of benzene rings is 4. The second-order valence-electron chi connectivity index (χ2n) is 9.04. The summed E-state index contributed by atoms with van der Waals surface area (Å²) in [5.74, 6) is 0.678. The average molecular weight is 517 g/mol. The summed E-state index contributed by atoms with van der Waals surface area (Å²) in [7, 11) is -3.91. The highest BCUT2D eigenvalue weighted by Gasteiger charge is 2.37. The number of aryl methyl sites for hydroxylation is 2. The molecule has 8 heteroatoms. The van der Waals surface area contributed by atoms with E-state index in [1.807, 2.05) is 62.4 Å². The Morgan fingerprint density at radius 3 is 2.51 bits per heavy atom. The van der Waals surface area contributed by atoms with Crippen molar-refractivity contribution in [2.24, 2.45) is 0 Å². The van der Waals surface area contributed by atoms with Gasteiger partial charge < -0.3 is 14.8 Å². The first kappa shape index (κ1) is 24.6. The molecule has 1 N–H and O–H groups in total. The molecule has 0 saturated heterocycles. The number of nitrogens with zero attached hydrogens (tertiary/aromatic N) is 1. The van der Waals surface area contributed by atoms with Gasteiger partial charge in [-0.25, -0.2) is 8.42 Å². The Balaban J connectivity index is 1.30. The van der Waals surface area contributed by atoms with E-state index < -0.39 is 22.0 Å². The van der Waals surface area contributed by atoms with Gasteiger partial charge in [0.15, 0.2) is 6.10 Å². The minimum absolute atomic E-state index is 0.136. The molecular formula is C29H28N2O5S. The van der Waals surface area contributed by atoms with Gasteiger partial charge in [-0.1, -0.05) is 60.2 Å². The number of carbonyl (C=O) groups excluding carboxylic acids is 1. The number of hydrogen-bond donors (Lipinski definition) is 1. The van der Waals surface area contributed by atoms with Crippen LogP contribution in [0.4, 0.5) is 5.69 Å². The highest BCUT2D eigenvalue weighted by Crippen LogP contribution is 2.37. The molecule has 1 amide bonds. The zero-order chi connectivity index (χ0) is 26.0. The smallest absolute Gasteiger partial charge is 0.264 e. The van der Waals surface area contributed by atoms with Crippen molar-refractivity contribution in [1.29, 1.82) is 0 Å². The molecular weight excluding hydrogens is 488 g/mol. The van der Waals surface area contributed by atoms with Crippen LogP contribution in [0.3, 0.4) is 0 Å². The van der Waals surface area contributed by atoms with Crippen molar-refractivity contribution in [2.75, 3.05) is 24.0 Å². The van der Waals surface area contributed by atoms with Crippen LogP contribution >= 0.6 is 0 Å². The van der Waals surface area contributed by atoms with Gasteiger partial charge in [0.1, 0.15) is 18.1 Å². The molecule has 37 heavy (non-hydrogen) atoms. The van der Waals surface area contributed by atoms with E-state index in [4.69, 9.17) is 9.47 Å². The van der Waals surface area contributed by atoms with Crippen LogP contribution in [-0.2, 0) is 14.8 Å². The van der Waals surface area contributed by atoms with E-state index in [9.17, 15) is 13.2 Å². The van der Waals surface area contributed by atoms with Gasteiger partial charge in [-0.2, -0.15) is 0 Å². The number of rotatable bonds is 7.